The monoisotopic (exact) mass is 242 g/mol. The molecule has 0 amide bonds. The number of hydrogen-bond donors (Lipinski definition) is 1. The summed E-state index contributed by atoms with van der Waals surface area (Å²) in [5.74, 6) is 2.28. The maximum atomic E-state index is 9.48. The number of aliphatic hydroxyl groups is 1. The molecule has 1 nitrogen and oxygen atoms in total. The first-order valence-corrected chi connectivity index (χ1v) is 5.59. The summed E-state index contributed by atoms with van der Waals surface area (Å²) in [7, 11) is 0. The molecular weight excluding hydrogens is 232 g/mol. The summed E-state index contributed by atoms with van der Waals surface area (Å²) in [5, 5.41) is 10.2. The van der Waals surface area contributed by atoms with E-state index in [0.717, 1.165) is 11.1 Å². The number of aliphatic hydroxyl groups excluding tert-OH is 1. The number of halogens is 1. The van der Waals surface area contributed by atoms with Crippen LogP contribution in [-0.2, 0) is 0 Å². The Morgan fingerprint density at radius 2 is 1.71 bits per heavy atom. The summed E-state index contributed by atoms with van der Waals surface area (Å²) in [6.45, 7) is 0. The number of terminal acetylenes is 1. The molecule has 2 heteroatoms. The van der Waals surface area contributed by atoms with Crippen LogP contribution in [0.15, 0.2) is 48.5 Å². The lowest BCUT2D eigenvalue weighted by Gasteiger charge is -2.07. The van der Waals surface area contributed by atoms with Crippen molar-refractivity contribution in [1.29, 1.82) is 0 Å². The summed E-state index contributed by atoms with van der Waals surface area (Å²) in [6.07, 6.45) is 4.30. The van der Waals surface area contributed by atoms with Crippen molar-refractivity contribution in [2.24, 2.45) is 0 Å². The minimum Gasteiger partial charge on any atom is -0.376 e. The molecule has 1 atom stereocenters. The molecule has 0 aliphatic heterocycles. The van der Waals surface area contributed by atoms with E-state index >= 15 is 0 Å². The molecule has 0 radical (unpaired) electrons. The third kappa shape index (κ3) is 2.50. The van der Waals surface area contributed by atoms with E-state index in [1.807, 2.05) is 48.5 Å². The van der Waals surface area contributed by atoms with E-state index in [1.54, 1.807) is 0 Å². The van der Waals surface area contributed by atoms with Crippen LogP contribution >= 0.6 is 11.6 Å². The fraction of sp³-hybridized carbons (Fsp3) is 0.0667. The Bertz CT molecular complexity index is 552. The summed E-state index contributed by atoms with van der Waals surface area (Å²) in [5.41, 5.74) is 2.68. The molecule has 1 N–H and O–H groups in total. The molecule has 84 valence electrons. The van der Waals surface area contributed by atoms with Crippen LogP contribution < -0.4 is 0 Å². The largest absolute Gasteiger partial charge is 0.376 e. The van der Waals surface area contributed by atoms with Gasteiger partial charge >= 0.3 is 0 Å². The predicted molar refractivity (Wildman–Crippen MR) is 70.7 cm³/mol. The molecule has 1 unspecified atom stereocenters. The summed E-state index contributed by atoms with van der Waals surface area (Å²) in [4.78, 5) is 0. The molecule has 0 spiro atoms. The zero-order valence-corrected chi connectivity index (χ0v) is 9.85. The van der Waals surface area contributed by atoms with Gasteiger partial charge in [0.15, 0.2) is 0 Å². The van der Waals surface area contributed by atoms with Crippen molar-refractivity contribution < 1.29 is 5.11 Å². The predicted octanol–water partition coefficient (Wildman–Crippen LogP) is 3.67. The summed E-state index contributed by atoms with van der Waals surface area (Å²) >= 11 is 6.11. The number of hydrogen-bond acceptors (Lipinski definition) is 1. The summed E-state index contributed by atoms with van der Waals surface area (Å²) < 4.78 is 0. The highest BCUT2D eigenvalue weighted by atomic mass is 35.5. The third-order valence-corrected chi connectivity index (χ3v) is 2.90. The van der Waals surface area contributed by atoms with Crippen molar-refractivity contribution in [3.05, 3.63) is 59.1 Å². The van der Waals surface area contributed by atoms with Crippen molar-refractivity contribution in [2.45, 2.75) is 6.10 Å². The Kier molecular flexibility index (Phi) is 3.49. The van der Waals surface area contributed by atoms with Crippen LogP contribution in [-0.4, -0.2) is 5.11 Å². The molecular formula is C15H11ClO. The normalized spacial score (nSPS) is 11.8. The smallest absolute Gasteiger partial charge is 0.139 e. The lowest BCUT2D eigenvalue weighted by Crippen LogP contribution is -1.92. The first kappa shape index (κ1) is 11.7. The molecule has 0 saturated carbocycles. The first-order valence-electron chi connectivity index (χ1n) is 5.21. The molecule has 0 heterocycles. The molecule has 0 aliphatic carbocycles. The highest BCUT2D eigenvalue weighted by molar-refractivity contribution is 6.33. The van der Waals surface area contributed by atoms with Gasteiger partial charge in [0.2, 0.25) is 0 Å². The van der Waals surface area contributed by atoms with Gasteiger partial charge in [-0.25, -0.2) is 0 Å². The Morgan fingerprint density at radius 1 is 1.06 bits per heavy atom. The van der Waals surface area contributed by atoms with Gasteiger partial charge in [-0.1, -0.05) is 60.0 Å². The molecule has 0 aliphatic rings. The van der Waals surface area contributed by atoms with E-state index in [-0.39, 0.29) is 0 Å². The van der Waals surface area contributed by atoms with E-state index in [0.29, 0.717) is 10.6 Å². The van der Waals surface area contributed by atoms with Gasteiger partial charge in [0, 0.05) is 10.6 Å². The maximum absolute atomic E-state index is 9.48. The van der Waals surface area contributed by atoms with Crippen LogP contribution in [0.4, 0.5) is 0 Å². The fourth-order valence-corrected chi connectivity index (χ4v) is 1.88. The highest BCUT2D eigenvalue weighted by Gasteiger charge is 2.05. The third-order valence-electron chi connectivity index (χ3n) is 2.57. The average Bonchev–Trinajstić information content (AvgIpc) is 2.39. The topological polar surface area (TPSA) is 20.2 Å². The van der Waals surface area contributed by atoms with Gasteiger partial charge in [0.25, 0.3) is 0 Å². The van der Waals surface area contributed by atoms with Crippen molar-refractivity contribution in [3.63, 3.8) is 0 Å². The Balaban J connectivity index is 2.37. The van der Waals surface area contributed by atoms with Crippen LogP contribution in [0.3, 0.4) is 0 Å². The molecule has 2 aromatic carbocycles. The number of rotatable bonds is 2. The second-order valence-electron chi connectivity index (χ2n) is 3.67. The van der Waals surface area contributed by atoms with Crippen LogP contribution in [0.2, 0.25) is 5.02 Å². The zero-order valence-electron chi connectivity index (χ0n) is 9.10. The second kappa shape index (κ2) is 5.05. The molecule has 0 aromatic heterocycles. The van der Waals surface area contributed by atoms with Crippen LogP contribution in [0.25, 0.3) is 11.1 Å². The van der Waals surface area contributed by atoms with Crippen molar-refractivity contribution in [2.75, 3.05) is 0 Å². The maximum Gasteiger partial charge on any atom is 0.139 e. The molecule has 0 bridgehead atoms. The van der Waals surface area contributed by atoms with Crippen LogP contribution in [0.1, 0.15) is 11.7 Å². The van der Waals surface area contributed by atoms with Gasteiger partial charge in [-0.15, -0.1) is 6.42 Å². The Labute approximate surface area is 106 Å². The molecule has 17 heavy (non-hydrogen) atoms. The van der Waals surface area contributed by atoms with E-state index < -0.39 is 6.10 Å². The van der Waals surface area contributed by atoms with Crippen molar-refractivity contribution in [3.8, 4) is 23.5 Å². The Morgan fingerprint density at radius 3 is 2.29 bits per heavy atom. The van der Waals surface area contributed by atoms with E-state index in [1.165, 1.54) is 0 Å². The van der Waals surface area contributed by atoms with Crippen molar-refractivity contribution in [1.82, 2.24) is 0 Å². The molecule has 0 fully saturated rings. The van der Waals surface area contributed by atoms with E-state index in [4.69, 9.17) is 18.0 Å². The molecule has 2 aromatic rings. The van der Waals surface area contributed by atoms with Gasteiger partial charge in [0.1, 0.15) is 6.10 Å². The number of benzene rings is 2. The van der Waals surface area contributed by atoms with Gasteiger partial charge in [-0.3, -0.25) is 0 Å². The zero-order chi connectivity index (χ0) is 12.3. The SMILES string of the molecule is C#CC(O)c1ccc(-c2ccccc2Cl)cc1. The minimum atomic E-state index is -0.852. The lowest BCUT2D eigenvalue weighted by atomic mass is 10.0. The molecule has 0 saturated heterocycles. The van der Waals surface area contributed by atoms with E-state index in [9.17, 15) is 5.11 Å². The first-order chi connectivity index (χ1) is 8.22. The highest BCUT2D eigenvalue weighted by Crippen LogP contribution is 2.28. The van der Waals surface area contributed by atoms with Gasteiger partial charge < -0.3 is 5.11 Å². The second-order valence-corrected chi connectivity index (χ2v) is 4.08. The van der Waals surface area contributed by atoms with E-state index in [2.05, 4.69) is 5.92 Å². The quantitative estimate of drug-likeness (QED) is 0.797. The lowest BCUT2D eigenvalue weighted by molar-refractivity contribution is 0.238. The minimum absolute atomic E-state index is 0.706. The fourth-order valence-electron chi connectivity index (χ4n) is 1.64. The standard InChI is InChI=1S/C15H11ClO/c1-2-15(17)12-9-7-11(8-10-12)13-5-3-4-6-14(13)16/h1,3-10,15,17H. The average molecular weight is 243 g/mol. The van der Waals surface area contributed by atoms with Gasteiger partial charge in [0.05, 0.1) is 0 Å². The van der Waals surface area contributed by atoms with Crippen LogP contribution in [0, 0.1) is 12.3 Å². The molecule has 2 rings (SSSR count). The van der Waals surface area contributed by atoms with Crippen molar-refractivity contribution >= 4 is 11.6 Å². The van der Waals surface area contributed by atoms with Gasteiger partial charge in [-0.2, -0.15) is 0 Å². The van der Waals surface area contributed by atoms with Gasteiger partial charge in [-0.05, 0) is 17.2 Å². The Hall–Kier alpha value is -1.75. The summed E-state index contributed by atoms with van der Waals surface area (Å²) in [6, 6.07) is 15.0. The van der Waals surface area contributed by atoms with Crippen LogP contribution in [0.5, 0.6) is 0 Å².